The van der Waals surface area contributed by atoms with Crippen LogP contribution in [0.5, 0.6) is 0 Å². The zero-order chi connectivity index (χ0) is 11.7. The van der Waals surface area contributed by atoms with Gasteiger partial charge in [0.2, 0.25) is 0 Å². The fourth-order valence-corrected chi connectivity index (χ4v) is 4.16. The molecule has 1 aliphatic rings. The number of Topliss-reactive ketones (excluding diaryl/α,β-unsaturated/α-hetero) is 1. The van der Waals surface area contributed by atoms with Crippen molar-refractivity contribution in [3.05, 3.63) is 0 Å². The van der Waals surface area contributed by atoms with Gasteiger partial charge in [0.25, 0.3) is 0 Å². The summed E-state index contributed by atoms with van der Waals surface area (Å²) >= 11 is 0. The van der Waals surface area contributed by atoms with Crippen molar-refractivity contribution in [3.8, 4) is 0 Å². The van der Waals surface area contributed by atoms with Crippen molar-refractivity contribution in [2.75, 3.05) is 14.2 Å². The molecule has 0 aliphatic heterocycles. The number of hydrogen-bond acceptors (Lipinski definition) is 4. The minimum Gasteiger partial charge on any atom is -0.312 e. The van der Waals surface area contributed by atoms with Crippen molar-refractivity contribution in [2.45, 2.75) is 38.8 Å². The maximum Gasteiger partial charge on any atom is 0.334 e. The highest BCUT2D eigenvalue weighted by atomic mass is 31.2. The molecule has 88 valence electrons. The number of carbonyl (C=O) groups excluding carboxylic acids is 1. The van der Waals surface area contributed by atoms with E-state index in [2.05, 4.69) is 0 Å². The molecule has 0 aromatic rings. The van der Waals surface area contributed by atoms with Crippen LogP contribution in [0.3, 0.4) is 0 Å². The fraction of sp³-hybridized carbons (Fsp3) is 0.900. The molecule has 1 saturated carbocycles. The van der Waals surface area contributed by atoms with Gasteiger partial charge in [-0.05, 0) is 11.8 Å². The van der Waals surface area contributed by atoms with E-state index in [9.17, 15) is 9.36 Å². The molecule has 0 radical (unpaired) electrons. The molecule has 0 amide bonds. The van der Waals surface area contributed by atoms with Crippen LogP contribution in [0.1, 0.15) is 33.1 Å². The molecule has 0 aromatic heterocycles. The third kappa shape index (κ3) is 2.49. The van der Waals surface area contributed by atoms with E-state index in [1.807, 2.05) is 13.8 Å². The Bertz CT molecular complexity index is 290. The third-order valence-corrected chi connectivity index (χ3v) is 5.92. The SMILES string of the molecule is COP(=O)(OC)C1CC(=O)CCC1(C)C. The molecule has 0 bridgehead atoms. The molecule has 4 nitrogen and oxygen atoms in total. The van der Waals surface area contributed by atoms with Crippen molar-refractivity contribution < 1.29 is 18.4 Å². The first-order chi connectivity index (χ1) is 6.85. The molecule has 0 heterocycles. The average molecular weight is 234 g/mol. The molecule has 1 rings (SSSR count). The van der Waals surface area contributed by atoms with Crippen molar-refractivity contribution in [3.63, 3.8) is 0 Å². The maximum atomic E-state index is 12.3. The predicted molar refractivity (Wildman–Crippen MR) is 58.1 cm³/mol. The first kappa shape index (κ1) is 12.9. The zero-order valence-electron chi connectivity index (χ0n) is 9.78. The molecule has 0 spiro atoms. The molecular formula is C10H19O4P. The summed E-state index contributed by atoms with van der Waals surface area (Å²) in [6.07, 6.45) is 1.61. The van der Waals surface area contributed by atoms with Gasteiger partial charge in [-0.15, -0.1) is 0 Å². The highest BCUT2D eigenvalue weighted by molar-refractivity contribution is 7.54. The molecule has 5 heteroatoms. The van der Waals surface area contributed by atoms with Crippen LogP contribution in [0.4, 0.5) is 0 Å². The maximum absolute atomic E-state index is 12.3. The lowest BCUT2D eigenvalue weighted by Gasteiger charge is -2.40. The summed E-state index contributed by atoms with van der Waals surface area (Å²) < 4.78 is 22.3. The average Bonchev–Trinajstić information content (AvgIpc) is 2.21. The van der Waals surface area contributed by atoms with E-state index in [4.69, 9.17) is 9.05 Å². The molecule has 1 aliphatic carbocycles. The highest BCUT2D eigenvalue weighted by Crippen LogP contribution is 2.61. The van der Waals surface area contributed by atoms with Crippen LogP contribution < -0.4 is 0 Å². The van der Waals surface area contributed by atoms with Crippen LogP contribution in [0.15, 0.2) is 0 Å². The number of rotatable bonds is 3. The second-order valence-corrected chi connectivity index (χ2v) is 7.09. The lowest BCUT2D eigenvalue weighted by molar-refractivity contribution is -0.122. The van der Waals surface area contributed by atoms with Crippen molar-refractivity contribution in [1.29, 1.82) is 0 Å². The summed E-state index contributed by atoms with van der Waals surface area (Å²) in [5, 5.41) is 0. The van der Waals surface area contributed by atoms with Gasteiger partial charge in [-0.1, -0.05) is 13.8 Å². The zero-order valence-corrected chi connectivity index (χ0v) is 10.7. The number of ketones is 1. The third-order valence-electron chi connectivity index (χ3n) is 3.26. The van der Waals surface area contributed by atoms with Crippen LogP contribution in [0, 0.1) is 5.41 Å². The molecule has 1 atom stereocenters. The van der Waals surface area contributed by atoms with Crippen LogP contribution in [0.2, 0.25) is 0 Å². The van der Waals surface area contributed by atoms with Gasteiger partial charge in [-0.25, -0.2) is 0 Å². The number of hydrogen-bond donors (Lipinski definition) is 0. The van der Waals surface area contributed by atoms with Crippen molar-refractivity contribution in [2.24, 2.45) is 5.41 Å². The largest absolute Gasteiger partial charge is 0.334 e. The van der Waals surface area contributed by atoms with Crippen LogP contribution in [-0.4, -0.2) is 25.7 Å². The Morgan fingerprint density at radius 2 is 1.87 bits per heavy atom. The summed E-state index contributed by atoms with van der Waals surface area (Å²) in [6, 6.07) is 0. The Morgan fingerprint density at radius 3 is 2.33 bits per heavy atom. The predicted octanol–water partition coefficient (Wildman–Crippen LogP) is 2.62. The molecule has 0 saturated heterocycles. The standard InChI is InChI=1S/C10H19O4P/c1-10(2)6-5-8(11)7-9(10)15(12,13-3)14-4/h9H,5-7H2,1-4H3. The van der Waals surface area contributed by atoms with E-state index in [0.29, 0.717) is 12.8 Å². The van der Waals surface area contributed by atoms with Gasteiger partial charge in [0, 0.05) is 27.1 Å². The van der Waals surface area contributed by atoms with E-state index in [1.54, 1.807) is 0 Å². The normalized spacial score (nSPS) is 26.7. The van der Waals surface area contributed by atoms with Gasteiger partial charge < -0.3 is 9.05 Å². The first-order valence-electron chi connectivity index (χ1n) is 5.08. The quantitative estimate of drug-likeness (QED) is 0.704. The van der Waals surface area contributed by atoms with E-state index < -0.39 is 7.60 Å². The summed E-state index contributed by atoms with van der Waals surface area (Å²) in [4.78, 5) is 11.4. The van der Waals surface area contributed by atoms with Gasteiger partial charge in [0.1, 0.15) is 5.78 Å². The summed E-state index contributed by atoms with van der Waals surface area (Å²) in [5.74, 6) is 0.147. The molecular weight excluding hydrogens is 215 g/mol. The van der Waals surface area contributed by atoms with Crippen LogP contribution >= 0.6 is 7.60 Å². The Balaban J connectivity index is 2.98. The van der Waals surface area contributed by atoms with Gasteiger partial charge >= 0.3 is 7.60 Å². The van der Waals surface area contributed by atoms with Crippen LogP contribution in [-0.2, 0) is 18.4 Å². The second-order valence-electron chi connectivity index (χ2n) is 4.65. The lowest BCUT2D eigenvalue weighted by atomic mass is 9.76. The minimum absolute atomic E-state index is 0.147. The Morgan fingerprint density at radius 1 is 1.33 bits per heavy atom. The van der Waals surface area contributed by atoms with Gasteiger partial charge in [0.15, 0.2) is 0 Å². The summed E-state index contributed by atoms with van der Waals surface area (Å²) in [6.45, 7) is 4.02. The summed E-state index contributed by atoms with van der Waals surface area (Å²) in [7, 11) is -0.387. The Hall–Kier alpha value is -0.180. The smallest absolute Gasteiger partial charge is 0.312 e. The van der Waals surface area contributed by atoms with Gasteiger partial charge in [-0.3, -0.25) is 9.36 Å². The highest BCUT2D eigenvalue weighted by Gasteiger charge is 2.48. The van der Waals surface area contributed by atoms with Crippen molar-refractivity contribution >= 4 is 13.4 Å². The molecule has 1 unspecified atom stereocenters. The topological polar surface area (TPSA) is 52.6 Å². The minimum atomic E-state index is -3.14. The van der Waals surface area contributed by atoms with Gasteiger partial charge in [0.05, 0.1) is 5.66 Å². The molecule has 1 fully saturated rings. The lowest BCUT2D eigenvalue weighted by Crippen LogP contribution is -2.37. The monoisotopic (exact) mass is 234 g/mol. The van der Waals surface area contributed by atoms with Gasteiger partial charge in [-0.2, -0.15) is 0 Å². The van der Waals surface area contributed by atoms with E-state index >= 15 is 0 Å². The van der Waals surface area contributed by atoms with E-state index in [1.165, 1.54) is 14.2 Å². The molecule has 15 heavy (non-hydrogen) atoms. The second kappa shape index (κ2) is 4.36. The van der Waals surface area contributed by atoms with Crippen molar-refractivity contribution in [1.82, 2.24) is 0 Å². The molecule has 0 aromatic carbocycles. The first-order valence-corrected chi connectivity index (χ1v) is 6.70. The van der Waals surface area contributed by atoms with E-state index in [-0.39, 0.29) is 16.9 Å². The molecule has 0 N–H and O–H groups in total. The summed E-state index contributed by atoms with van der Waals surface area (Å²) in [5.41, 5.74) is -0.489. The number of carbonyl (C=O) groups is 1. The van der Waals surface area contributed by atoms with Crippen LogP contribution in [0.25, 0.3) is 0 Å². The van der Waals surface area contributed by atoms with E-state index in [0.717, 1.165) is 6.42 Å². The Kier molecular flexibility index (Phi) is 3.75. The Labute approximate surface area is 90.9 Å². The fourth-order valence-electron chi connectivity index (χ4n) is 2.09.